The minimum Gasteiger partial charge on any atom is -0.493 e. The zero-order valence-corrected chi connectivity index (χ0v) is 18.4. The largest absolute Gasteiger partial charge is 0.493 e. The van der Waals surface area contributed by atoms with Crippen molar-refractivity contribution in [2.24, 2.45) is 0 Å². The van der Waals surface area contributed by atoms with Gasteiger partial charge in [-0.15, -0.1) is 0 Å². The van der Waals surface area contributed by atoms with Crippen LogP contribution in [0.2, 0.25) is 5.02 Å². The van der Waals surface area contributed by atoms with E-state index in [1.54, 1.807) is 10.7 Å². The Balaban J connectivity index is 1.86. The molecule has 1 aromatic carbocycles. The van der Waals surface area contributed by atoms with E-state index >= 15 is 4.39 Å². The first-order valence-corrected chi connectivity index (χ1v) is 10.6. The average molecular weight is 433 g/mol. The van der Waals surface area contributed by atoms with Crippen molar-refractivity contribution < 1.29 is 9.13 Å². The van der Waals surface area contributed by atoms with Crippen molar-refractivity contribution in [1.29, 1.82) is 0 Å². The Kier molecular flexibility index (Phi) is 5.55. The molecule has 1 atom stereocenters. The normalized spacial score (nSPS) is 16.1. The molecular formula is C21H26ClFN6O. The van der Waals surface area contributed by atoms with Crippen LogP contribution in [-0.2, 0) is 0 Å². The molecule has 2 aromatic heterocycles. The fourth-order valence-electron chi connectivity index (χ4n) is 4.21. The highest BCUT2D eigenvalue weighted by Gasteiger charge is 2.35. The van der Waals surface area contributed by atoms with Crippen molar-refractivity contribution in [3.63, 3.8) is 0 Å². The maximum Gasteiger partial charge on any atom is 0.164 e. The summed E-state index contributed by atoms with van der Waals surface area (Å²) in [6, 6.07) is 1.34. The number of nitrogens with zero attached hydrogens (tertiary/aromatic N) is 5. The van der Waals surface area contributed by atoms with Gasteiger partial charge >= 0.3 is 0 Å². The number of hydrogen-bond acceptors (Lipinski definition) is 6. The Bertz CT molecular complexity index is 1100. The monoisotopic (exact) mass is 432 g/mol. The molecule has 0 radical (unpaired) electrons. The van der Waals surface area contributed by atoms with E-state index in [4.69, 9.17) is 22.1 Å². The molecule has 0 amide bonds. The molecule has 1 saturated heterocycles. The number of ether oxygens (including phenoxy) is 1. The van der Waals surface area contributed by atoms with Gasteiger partial charge in [0.25, 0.3) is 0 Å². The second kappa shape index (κ2) is 8.00. The number of fused-ring (bicyclic) bond motifs is 1. The van der Waals surface area contributed by atoms with Gasteiger partial charge in [-0.05, 0) is 33.4 Å². The molecule has 1 aliphatic rings. The lowest BCUT2D eigenvalue weighted by atomic mass is 9.87. The highest BCUT2D eigenvalue weighted by atomic mass is 35.5. The second-order valence-corrected chi connectivity index (χ2v) is 8.06. The highest BCUT2D eigenvalue weighted by Crippen LogP contribution is 2.43. The van der Waals surface area contributed by atoms with Crippen LogP contribution in [0.5, 0.6) is 5.75 Å². The number of anilines is 1. The van der Waals surface area contributed by atoms with Crippen LogP contribution in [-0.4, -0.2) is 50.9 Å². The van der Waals surface area contributed by atoms with Crippen LogP contribution in [0.4, 0.5) is 10.2 Å². The molecule has 9 heteroatoms. The number of rotatable bonds is 6. The summed E-state index contributed by atoms with van der Waals surface area (Å²) in [5.74, 6) is 0.582. The first kappa shape index (κ1) is 20.8. The number of nitrogen functional groups attached to an aromatic ring is 1. The molecule has 0 spiro atoms. The summed E-state index contributed by atoms with van der Waals surface area (Å²) in [4.78, 5) is 10.7. The van der Waals surface area contributed by atoms with Crippen molar-refractivity contribution in [2.75, 3.05) is 32.0 Å². The Morgan fingerprint density at radius 2 is 2.07 bits per heavy atom. The van der Waals surface area contributed by atoms with E-state index in [0.29, 0.717) is 34.8 Å². The number of aromatic nitrogens is 4. The first-order valence-electron chi connectivity index (χ1n) is 10.2. The Labute approximate surface area is 180 Å². The molecule has 1 fully saturated rings. The first-order chi connectivity index (χ1) is 14.4. The molecule has 4 rings (SSSR count). The molecule has 1 aliphatic heterocycles. The number of hydrogen-bond donors (Lipinski definition) is 1. The number of aryl methyl sites for hydroxylation is 1. The van der Waals surface area contributed by atoms with Crippen molar-refractivity contribution in [1.82, 2.24) is 24.6 Å². The van der Waals surface area contributed by atoms with Gasteiger partial charge in [0.2, 0.25) is 0 Å². The van der Waals surface area contributed by atoms with E-state index in [1.165, 1.54) is 6.33 Å². The van der Waals surface area contributed by atoms with Crippen molar-refractivity contribution in [3.8, 4) is 5.75 Å². The van der Waals surface area contributed by atoms with E-state index in [1.807, 2.05) is 20.8 Å². The molecule has 0 bridgehead atoms. The standard InChI is InChI=1S/C21H26ClFN6O/c1-5-28-8-13(9-28)17-18(23)15(22)7-14(19(17)30-6-2)12(4)29-21-16(11(3)27-29)20(24)25-10-26-21/h7,10,12-13H,5-6,8-9H2,1-4H3,(H2,24,25,26). The Hall–Kier alpha value is -2.45. The van der Waals surface area contributed by atoms with E-state index in [9.17, 15) is 0 Å². The van der Waals surface area contributed by atoms with Crippen LogP contribution in [0.25, 0.3) is 11.0 Å². The molecule has 3 heterocycles. The van der Waals surface area contributed by atoms with E-state index in [0.717, 1.165) is 30.9 Å². The fourth-order valence-corrected chi connectivity index (χ4v) is 4.43. The molecule has 2 N–H and O–H groups in total. The molecule has 3 aromatic rings. The summed E-state index contributed by atoms with van der Waals surface area (Å²) in [7, 11) is 0. The third-order valence-electron chi connectivity index (χ3n) is 5.85. The van der Waals surface area contributed by atoms with Crippen molar-refractivity contribution in [3.05, 3.63) is 40.1 Å². The predicted octanol–water partition coefficient (Wildman–Crippen LogP) is 3.94. The van der Waals surface area contributed by atoms with E-state index in [-0.39, 0.29) is 17.0 Å². The molecule has 30 heavy (non-hydrogen) atoms. The van der Waals surface area contributed by atoms with Gasteiger partial charge in [-0.25, -0.2) is 19.0 Å². The SMILES string of the molecule is CCOc1c(C(C)n2nc(C)c3c(N)ncnc32)cc(Cl)c(F)c1C1CN(CC)C1. The predicted molar refractivity (Wildman–Crippen MR) is 116 cm³/mol. The van der Waals surface area contributed by atoms with Gasteiger partial charge in [-0.1, -0.05) is 18.5 Å². The maximum atomic E-state index is 15.2. The van der Waals surface area contributed by atoms with Gasteiger partial charge < -0.3 is 15.4 Å². The number of likely N-dealkylation sites (N-methyl/N-ethyl adjacent to an activating group) is 1. The highest BCUT2D eigenvalue weighted by molar-refractivity contribution is 6.31. The Morgan fingerprint density at radius 3 is 2.73 bits per heavy atom. The zero-order chi connectivity index (χ0) is 21.6. The van der Waals surface area contributed by atoms with E-state index in [2.05, 4.69) is 26.9 Å². The topological polar surface area (TPSA) is 82.1 Å². The molecule has 160 valence electrons. The summed E-state index contributed by atoms with van der Waals surface area (Å²) in [5, 5.41) is 5.45. The molecular weight excluding hydrogens is 407 g/mol. The van der Waals surface area contributed by atoms with Crippen LogP contribution in [0.1, 0.15) is 49.6 Å². The third-order valence-corrected chi connectivity index (χ3v) is 6.12. The van der Waals surface area contributed by atoms with Crippen LogP contribution < -0.4 is 10.5 Å². The lowest BCUT2D eigenvalue weighted by molar-refractivity contribution is 0.151. The number of halogens is 2. The molecule has 0 aliphatic carbocycles. The van der Waals surface area contributed by atoms with Crippen molar-refractivity contribution in [2.45, 2.75) is 39.7 Å². The van der Waals surface area contributed by atoms with Gasteiger partial charge in [-0.3, -0.25) is 0 Å². The van der Waals surface area contributed by atoms with Crippen molar-refractivity contribution >= 4 is 28.5 Å². The smallest absolute Gasteiger partial charge is 0.164 e. The third kappa shape index (κ3) is 3.28. The number of likely N-dealkylation sites (tertiary alicyclic amines) is 1. The summed E-state index contributed by atoms with van der Waals surface area (Å²) < 4.78 is 22.9. The maximum absolute atomic E-state index is 15.2. The lowest BCUT2D eigenvalue weighted by Gasteiger charge is -2.40. The van der Waals surface area contributed by atoms with Gasteiger partial charge in [-0.2, -0.15) is 5.10 Å². The van der Waals surface area contributed by atoms with Gasteiger partial charge in [0.15, 0.2) is 5.65 Å². The lowest BCUT2D eigenvalue weighted by Crippen LogP contribution is -2.45. The average Bonchev–Trinajstić information content (AvgIpc) is 3.03. The molecule has 1 unspecified atom stereocenters. The number of nitrogens with two attached hydrogens (primary N) is 1. The summed E-state index contributed by atoms with van der Waals surface area (Å²) in [6.45, 7) is 10.8. The van der Waals surface area contributed by atoms with E-state index < -0.39 is 5.82 Å². The second-order valence-electron chi connectivity index (χ2n) is 7.65. The summed E-state index contributed by atoms with van der Waals surface area (Å²) >= 11 is 6.35. The number of benzene rings is 1. The Morgan fingerprint density at radius 1 is 1.33 bits per heavy atom. The van der Waals surface area contributed by atoms with Gasteiger partial charge in [0, 0.05) is 30.1 Å². The quantitative estimate of drug-likeness (QED) is 0.635. The van der Waals surface area contributed by atoms with Gasteiger partial charge in [0.1, 0.15) is 23.7 Å². The molecule has 7 nitrogen and oxygen atoms in total. The minimum absolute atomic E-state index is 0.0465. The molecule has 0 saturated carbocycles. The van der Waals surface area contributed by atoms with Crippen LogP contribution >= 0.6 is 11.6 Å². The summed E-state index contributed by atoms with van der Waals surface area (Å²) in [5.41, 5.74) is 8.73. The van der Waals surface area contributed by atoms with Crippen LogP contribution in [0, 0.1) is 12.7 Å². The zero-order valence-electron chi connectivity index (χ0n) is 17.6. The summed E-state index contributed by atoms with van der Waals surface area (Å²) in [6.07, 6.45) is 1.42. The van der Waals surface area contributed by atoms with Crippen LogP contribution in [0.3, 0.4) is 0 Å². The fraction of sp³-hybridized carbons (Fsp3) is 0.476. The van der Waals surface area contributed by atoms with Gasteiger partial charge in [0.05, 0.1) is 28.8 Å². The minimum atomic E-state index is -0.398. The van der Waals surface area contributed by atoms with Crippen LogP contribution in [0.15, 0.2) is 12.4 Å².